The number of nitrogens with zero attached hydrogens (tertiary/aromatic N) is 3. The number of hydrogen-bond donors (Lipinski definition) is 0. The number of methoxy groups -OCH3 is 1. The van der Waals surface area contributed by atoms with Crippen LogP contribution >= 0.6 is 0 Å². The second-order valence-corrected chi connectivity index (χ2v) is 6.43. The molecule has 142 valence electrons. The van der Waals surface area contributed by atoms with Crippen molar-refractivity contribution in [2.24, 2.45) is 5.92 Å². The quantitative estimate of drug-likeness (QED) is 0.758. The van der Waals surface area contributed by atoms with Gasteiger partial charge in [0.15, 0.2) is 0 Å². The molecule has 0 atom stereocenters. The minimum atomic E-state index is -0.363. The highest BCUT2D eigenvalue weighted by Crippen LogP contribution is 2.19. The lowest BCUT2D eigenvalue weighted by Gasteiger charge is -2.30. The lowest BCUT2D eigenvalue weighted by molar-refractivity contribution is -0.146. The predicted molar refractivity (Wildman–Crippen MR) is 94.6 cm³/mol. The molecule has 2 aromatic rings. The molecule has 1 aliphatic heterocycles. The van der Waals surface area contributed by atoms with Crippen LogP contribution in [-0.2, 0) is 16.1 Å². The molecule has 1 aromatic heterocycles. The third-order valence-electron chi connectivity index (χ3n) is 4.65. The van der Waals surface area contributed by atoms with Gasteiger partial charge < -0.3 is 9.64 Å². The van der Waals surface area contributed by atoms with Gasteiger partial charge in [-0.3, -0.25) is 14.4 Å². The first-order valence-corrected chi connectivity index (χ1v) is 8.67. The van der Waals surface area contributed by atoms with Gasteiger partial charge in [-0.15, -0.1) is 0 Å². The van der Waals surface area contributed by atoms with E-state index in [9.17, 15) is 18.8 Å². The molecule has 0 N–H and O–H groups in total. The summed E-state index contributed by atoms with van der Waals surface area (Å²) < 4.78 is 18.9. The normalized spacial score (nSPS) is 14.8. The van der Waals surface area contributed by atoms with E-state index in [1.165, 1.54) is 36.1 Å². The van der Waals surface area contributed by atoms with Crippen molar-refractivity contribution in [1.82, 2.24) is 14.7 Å². The third-order valence-corrected chi connectivity index (χ3v) is 4.65. The smallest absolute Gasteiger partial charge is 0.308 e. The van der Waals surface area contributed by atoms with E-state index in [0.717, 1.165) is 0 Å². The monoisotopic (exact) mass is 373 g/mol. The van der Waals surface area contributed by atoms with Gasteiger partial charge >= 0.3 is 5.97 Å². The zero-order valence-electron chi connectivity index (χ0n) is 14.9. The summed E-state index contributed by atoms with van der Waals surface area (Å²) in [5.41, 5.74) is 0.517. The Morgan fingerprint density at radius 1 is 1.15 bits per heavy atom. The Hall–Kier alpha value is -3.03. The molecule has 7 nitrogen and oxygen atoms in total. The summed E-state index contributed by atoms with van der Waals surface area (Å²) in [4.78, 5) is 37.9. The number of aromatic nitrogens is 2. The molecule has 2 heterocycles. The molecule has 1 fully saturated rings. The average Bonchev–Trinajstić information content (AvgIpc) is 2.70. The maximum absolute atomic E-state index is 13.0. The fourth-order valence-electron chi connectivity index (χ4n) is 3.09. The predicted octanol–water partition coefficient (Wildman–Crippen LogP) is 1.46. The fraction of sp³-hybridized carbons (Fsp3) is 0.368. The Morgan fingerprint density at radius 2 is 1.81 bits per heavy atom. The Morgan fingerprint density at radius 3 is 2.44 bits per heavy atom. The molecule has 1 aromatic carbocycles. The minimum Gasteiger partial charge on any atom is -0.469 e. The zero-order chi connectivity index (χ0) is 19.4. The first kappa shape index (κ1) is 18.8. The van der Waals surface area contributed by atoms with Crippen molar-refractivity contribution in [2.45, 2.75) is 19.4 Å². The number of ether oxygens (including phenoxy) is 1. The molecule has 0 bridgehead atoms. The first-order chi connectivity index (χ1) is 13.0. The van der Waals surface area contributed by atoms with Gasteiger partial charge in [0, 0.05) is 19.2 Å². The van der Waals surface area contributed by atoms with Gasteiger partial charge in [-0.1, -0.05) is 12.1 Å². The number of halogens is 1. The molecule has 0 saturated carbocycles. The number of esters is 1. The highest BCUT2D eigenvalue weighted by molar-refractivity contribution is 5.92. The Labute approximate surface area is 155 Å². The fourth-order valence-corrected chi connectivity index (χ4v) is 3.09. The van der Waals surface area contributed by atoms with E-state index in [1.807, 2.05) is 0 Å². The summed E-state index contributed by atoms with van der Waals surface area (Å²) in [6, 6.07) is 8.44. The maximum atomic E-state index is 13.0. The van der Waals surface area contributed by atoms with Crippen LogP contribution in [0.3, 0.4) is 0 Å². The Bertz CT molecular complexity index is 887. The molecular weight excluding hydrogens is 353 g/mol. The highest BCUT2D eigenvalue weighted by atomic mass is 19.1. The summed E-state index contributed by atoms with van der Waals surface area (Å²) >= 11 is 0. The van der Waals surface area contributed by atoms with Crippen LogP contribution in [0.2, 0.25) is 0 Å². The molecule has 27 heavy (non-hydrogen) atoms. The number of rotatable bonds is 4. The summed E-state index contributed by atoms with van der Waals surface area (Å²) in [5, 5.41) is 4.16. The van der Waals surface area contributed by atoms with Gasteiger partial charge in [0.2, 0.25) is 0 Å². The van der Waals surface area contributed by atoms with Crippen molar-refractivity contribution < 1.29 is 18.7 Å². The first-order valence-electron chi connectivity index (χ1n) is 8.67. The van der Waals surface area contributed by atoms with Crippen LogP contribution in [0.25, 0.3) is 0 Å². The molecule has 1 amide bonds. The van der Waals surface area contributed by atoms with Gasteiger partial charge in [-0.25, -0.2) is 9.07 Å². The topological polar surface area (TPSA) is 81.5 Å². The Balaban J connectivity index is 1.72. The van der Waals surface area contributed by atoms with Crippen LogP contribution in [0.15, 0.2) is 41.2 Å². The van der Waals surface area contributed by atoms with E-state index < -0.39 is 0 Å². The van der Waals surface area contributed by atoms with E-state index in [-0.39, 0.29) is 41.4 Å². The number of carbonyl (C=O) groups excluding carboxylic acids is 2. The molecule has 0 radical (unpaired) electrons. The van der Waals surface area contributed by atoms with Crippen LogP contribution < -0.4 is 5.56 Å². The molecule has 0 spiro atoms. The number of benzene rings is 1. The SMILES string of the molecule is COC(=O)C1CCN(C(=O)c2ccc(=O)n(Cc3ccc(F)cc3)n2)CC1. The van der Waals surface area contributed by atoms with E-state index in [2.05, 4.69) is 5.10 Å². The number of piperidine rings is 1. The van der Waals surface area contributed by atoms with E-state index in [0.29, 0.717) is 31.5 Å². The van der Waals surface area contributed by atoms with Gasteiger partial charge in [-0.05, 0) is 36.6 Å². The van der Waals surface area contributed by atoms with Crippen molar-refractivity contribution in [3.05, 3.63) is 63.8 Å². The van der Waals surface area contributed by atoms with Crippen LogP contribution in [-0.4, -0.2) is 46.8 Å². The van der Waals surface area contributed by atoms with Gasteiger partial charge in [0.05, 0.1) is 19.6 Å². The Kier molecular flexibility index (Phi) is 5.63. The minimum absolute atomic E-state index is 0.144. The lowest BCUT2D eigenvalue weighted by Crippen LogP contribution is -2.41. The second-order valence-electron chi connectivity index (χ2n) is 6.43. The number of carbonyl (C=O) groups is 2. The van der Waals surface area contributed by atoms with Gasteiger partial charge in [0.25, 0.3) is 11.5 Å². The van der Waals surface area contributed by atoms with Gasteiger partial charge in [0.1, 0.15) is 11.5 Å². The summed E-state index contributed by atoms with van der Waals surface area (Å²) in [5.74, 6) is -1.10. The van der Waals surface area contributed by atoms with Crippen molar-refractivity contribution in [2.75, 3.05) is 20.2 Å². The lowest BCUT2D eigenvalue weighted by atomic mass is 9.97. The summed E-state index contributed by atoms with van der Waals surface area (Å²) in [6.45, 7) is 0.999. The van der Waals surface area contributed by atoms with Crippen molar-refractivity contribution in [3.8, 4) is 0 Å². The van der Waals surface area contributed by atoms with Crippen molar-refractivity contribution in [3.63, 3.8) is 0 Å². The molecule has 1 saturated heterocycles. The highest BCUT2D eigenvalue weighted by Gasteiger charge is 2.29. The number of amides is 1. The van der Waals surface area contributed by atoms with Crippen LogP contribution in [0.1, 0.15) is 28.9 Å². The van der Waals surface area contributed by atoms with E-state index in [1.54, 1.807) is 17.0 Å². The van der Waals surface area contributed by atoms with Crippen molar-refractivity contribution in [1.29, 1.82) is 0 Å². The standard InChI is InChI=1S/C19H20FN3O4/c1-27-19(26)14-8-10-22(11-9-14)18(25)16-6-7-17(24)23(21-16)12-13-2-4-15(20)5-3-13/h2-7,14H,8-12H2,1H3. The summed E-state index contributed by atoms with van der Waals surface area (Å²) in [7, 11) is 1.36. The summed E-state index contributed by atoms with van der Waals surface area (Å²) in [6.07, 6.45) is 1.07. The molecule has 1 aliphatic rings. The largest absolute Gasteiger partial charge is 0.469 e. The van der Waals surface area contributed by atoms with E-state index in [4.69, 9.17) is 4.74 Å². The molecular formula is C19H20FN3O4. The van der Waals surface area contributed by atoms with Crippen LogP contribution in [0.5, 0.6) is 0 Å². The van der Waals surface area contributed by atoms with Crippen molar-refractivity contribution >= 4 is 11.9 Å². The van der Waals surface area contributed by atoms with Crippen LogP contribution in [0.4, 0.5) is 4.39 Å². The third kappa shape index (κ3) is 4.39. The molecule has 8 heteroatoms. The average molecular weight is 373 g/mol. The maximum Gasteiger partial charge on any atom is 0.308 e. The molecule has 0 unspecified atom stereocenters. The molecule has 3 rings (SSSR count). The van der Waals surface area contributed by atoms with E-state index >= 15 is 0 Å². The number of likely N-dealkylation sites (tertiary alicyclic amines) is 1. The van der Waals surface area contributed by atoms with Gasteiger partial charge in [-0.2, -0.15) is 5.10 Å². The molecule has 0 aliphatic carbocycles. The zero-order valence-corrected chi connectivity index (χ0v) is 14.9. The second kappa shape index (κ2) is 8.11. The van der Waals surface area contributed by atoms with Crippen LogP contribution in [0, 0.1) is 11.7 Å². The number of hydrogen-bond acceptors (Lipinski definition) is 5.